The summed E-state index contributed by atoms with van der Waals surface area (Å²) < 4.78 is 0. The number of hydrogen-bond acceptors (Lipinski definition) is 2. The average molecular weight is 276 g/mol. The summed E-state index contributed by atoms with van der Waals surface area (Å²) in [5.41, 5.74) is 1.69. The Labute approximate surface area is 123 Å². The van der Waals surface area contributed by atoms with Crippen molar-refractivity contribution in [2.24, 2.45) is 17.3 Å². The third-order valence-electron chi connectivity index (χ3n) is 5.40. The molecule has 1 N–H and O–H groups in total. The van der Waals surface area contributed by atoms with Gasteiger partial charge in [0.15, 0.2) is 5.78 Å². The highest BCUT2D eigenvalue weighted by Crippen LogP contribution is 2.54. The van der Waals surface area contributed by atoms with E-state index in [1.54, 1.807) is 6.08 Å². The molecule has 0 saturated heterocycles. The van der Waals surface area contributed by atoms with E-state index in [9.17, 15) is 9.90 Å². The van der Waals surface area contributed by atoms with Gasteiger partial charge < -0.3 is 5.11 Å². The number of aliphatic hydroxyl groups is 1. The van der Waals surface area contributed by atoms with Crippen molar-refractivity contribution in [3.05, 3.63) is 23.8 Å². The first-order chi connectivity index (χ1) is 9.49. The predicted octanol–water partition coefficient (Wildman–Crippen LogP) is 4.05. The SMILES string of the molecule is CCC(=O)/C=C/CC(C)C1=CCC2C(O)CCCC12C. The van der Waals surface area contributed by atoms with Crippen LogP contribution in [0.2, 0.25) is 0 Å². The highest BCUT2D eigenvalue weighted by molar-refractivity contribution is 5.89. The quantitative estimate of drug-likeness (QED) is 0.607. The van der Waals surface area contributed by atoms with E-state index in [2.05, 4.69) is 19.9 Å². The number of carbonyl (C=O) groups excluding carboxylic acids is 1. The highest BCUT2D eigenvalue weighted by Gasteiger charge is 2.47. The predicted molar refractivity (Wildman–Crippen MR) is 82.4 cm³/mol. The van der Waals surface area contributed by atoms with Gasteiger partial charge in [-0.15, -0.1) is 0 Å². The van der Waals surface area contributed by atoms with Crippen LogP contribution in [0.25, 0.3) is 0 Å². The lowest BCUT2D eigenvalue weighted by atomic mass is 9.63. The summed E-state index contributed by atoms with van der Waals surface area (Å²) >= 11 is 0. The molecule has 0 aromatic heterocycles. The van der Waals surface area contributed by atoms with Crippen LogP contribution >= 0.6 is 0 Å². The lowest BCUT2D eigenvalue weighted by Crippen LogP contribution is -2.39. The Morgan fingerprint density at radius 3 is 3.05 bits per heavy atom. The summed E-state index contributed by atoms with van der Waals surface area (Å²) in [5, 5.41) is 10.2. The number of aliphatic hydroxyl groups excluding tert-OH is 1. The van der Waals surface area contributed by atoms with Crippen molar-refractivity contribution in [2.45, 2.75) is 65.4 Å². The van der Waals surface area contributed by atoms with Crippen molar-refractivity contribution < 1.29 is 9.90 Å². The zero-order valence-corrected chi connectivity index (χ0v) is 13.1. The fourth-order valence-electron chi connectivity index (χ4n) is 4.16. The summed E-state index contributed by atoms with van der Waals surface area (Å²) in [6.07, 6.45) is 11.8. The standard InChI is InChI=1S/C18H28O2/c1-4-14(19)8-5-7-13(2)15-10-11-16-17(20)9-6-12-18(15,16)3/h5,8,10,13,16-17,20H,4,6-7,9,11-12H2,1-3H3/b8-5+. The lowest BCUT2D eigenvalue weighted by Gasteiger charge is -2.43. The third kappa shape index (κ3) is 2.90. The van der Waals surface area contributed by atoms with Gasteiger partial charge in [0, 0.05) is 6.42 Å². The fraction of sp³-hybridized carbons (Fsp3) is 0.722. The van der Waals surface area contributed by atoms with Crippen LogP contribution < -0.4 is 0 Å². The van der Waals surface area contributed by atoms with Gasteiger partial charge in [-0.3, -0.25) is 4.79 Å². The summed E-state index contributed by atoms with van der Waals surface area (Å²) in [6, 6.07) is 0. The van der Waals surface area contributed by atoms with Crippen molar-refractivity contribution in [2.75, 3.05) is 0 Å². The molecule has 0 aromatic rings. The Hall–Kier alpha value is -0.890. The Kier molecular flexibility index (Phi) is 4.85. The van der Waals surface area contributed by atoms with E-state index in [0.717, 1.165) is 25.7 Å². The van der Waals surface area contributed by atoms with Crippen LogP contribution in [0.5, 0.6) is 0 Å². The van der Waals surface area contributed by atoms with Crippen LogP contribution in [0.3, 0.4) is 0 Å². The van der Waals surface area contributed by atoms with Crippen molar-refractivity contribution in [1.82, 2.24) is 0 Å². The van der Waals surface area contributed by atoms with E-state index < -0.39 is 0 Å². The molecule has 0 amide bonds. The number of fused-ring (bicyclic) bond motifs is 1. The molecule has 4 atom stereocenters. The van der Waals surface area contributed by atoms with Gasteiger partial charge in [0.2, 0.25) is 0 Å². The smallest absolute Gasteiger partial charge is 0.155 e. The summed E-state index contributed by atoms with van der Waals surface area (Å²) in [4.78, 5) is 11.3. The van der Waals surface area contributed by atoms with Gasteiger partial charge in [0.1, 0.15) is 0 Å². The van der Waals surface area contributed by atoms with Gasteiger partial charge in [0.25, 0.3) is 0 Å². The van der Waals surface area contributed by atoms with Gasteiger partial charge >= 0.3 is 0 Å². The first-order valence-corrected chi connectivity index (χ1v) is 8.07. The average Bonchev–Trinajstić information content (AvgIpc) is 2.77. The molecule has 2 aliphatic carbocycles. The normalized spacial score (nSPS) is 34.9. The molecule has 0 spiro atoms. The fourth-order valence-corrected chi connectivity index (χ4v) is 4.16. The minimum atomic E-state index is -0.132. The molecule has 2 heteroatoms. The second-order valence-electron chi connectivity index (χ2n) is 6.74. The summed E-state index contributed by atoms with van der Waals surface area (Å²) in [6.45, 7) is 6.47. The molecule has 2 rings (SSSR count). The molecule has 4 unspecified atom stereocenters. The Balaban J connectivity index is 2.02. The van der Waals surface area contributed by atoms with Crippen molar-refractivity contribution in [1.29, 1.82) is 0 Å². The molecule has 0 aliphatic heterocycles. The van der Waals surface area contributed by atoms with Crippen molar-refractivity contribution in [3.63, 3.8) is 0 Å². The second kappa shape index (κ2) is 6.26. The summed E-state index contributed by atoms with van der Waals surface area (Å²) in [7, 11) is 0. The van der Waals surface area contributed by atoms with E-state index in [1.165, 1.54) is 12.0 Å². The molecule has 2 nitrogen and oxygen atoms in total. The van der Waals surface area contributed by atoms with Gasteiger partial charge in [0.05, 0.1) is 6.10 Å². The number of hydrogen-bond donors (Lipinski definition) is 1. The van der Waals surface area contributed by atoms with Crippen LogP contribution in [0.15, 0.2) is 23.8 Å². The maximum atomic E-state index is 11.3. The zero-order chi connectivity index (χ0) is 14.8. The largest absolute Gasteiger partial charge is 0.393 e. The Morgan fingerprint density at radius 1 is 1.60 bits per heavy atom. The number of ketones is 1. The molecule has 112 valence electrons. The molecule has 1 fully saturated rings. The monoisotopic (exact) mass is 276 g/mol. The molecule has 1 saturated carbocycles. The third-order valence-corrected chi connectivity index (χ3v) is 5.40. The second-order valence-corrected chi connectivity index (χ2v) is 6.74. The molecule has 0 heterocycles. The van der Waals surface area contributed by atoms with Crippen LogP contribution in [-0.4, -0.2) is 17.0 Å². The van der Waals surface area contributed by atoms with Gasteiger partial charge in [-0.1, -0.05) is 38.5 Å². The molecule has 0 aromatic carbocycles. The first kappa shape index (κ1) is 15.5. The van der Waals surface area contributed by atoms with Gasteiger partial charge in [-0.25, -0.2) is 0 Å². The van der Waals surface area contributed by atoms with E-state index in [-0.39, 0.29) is 17.3 Å². The Morgan fingerprint density at radius 2 is 2.35 bits per heavy atom. The molecule has 0 radical (unpaired) electrons. The van der Waals surface area contributed by atoms with Crippen LogP contribution in [0, 0.1) is 17.3 Å². The van der Waals surface area contributed by atoms with Crippen LogP contribution in [-0.2, 0) is 4.79 Å². The highest BCUT2D eigenvalue weighted by atomic mass is 16.3. The van der Waals surface area contributed by atoms with Crippen LogP contribution in [0.1, 0.15) is 59.3 Å². The van der Waals surface area contributed by atoms with Crippen molar-refractivity contribution >= 4 is 5.78 Å². The topological polar surface area (TPSA) is 37.3 Å². The van der Waals surface area contributed by atoms with Gasteiger partial charge in [-0.05, 0) is 55.4 Å². The molecule has 0 bridgehead atoms. The van der Waals surface area contributed by atoms with E-state index >= 15 is 0 Å². The minimum Gasteiger partial charge on any atom is -0.393 e. The van der Waals surface area contributed by atoms with Crippen molar-refractivity contribution in [3.8, 4) is 0 Å². The number of allylic oxidation sites excluding steroid dienone is 4. The van der Waals surface area contributed by atoms with Gasteiger partial charge in [-0.2, -0.15) is 0 Å². The minimum absolute atomic E-state index is 0.132. The van der Waals surface area contributed by atoms with E-state index in [0.29, 0.717) is 18.3 Å². The first-order valence-electron chi connectivity index (χ1n) is 8.07. The maximum Gasteiger partial charge on any atom is 0.155 e. The number of rotatable bonds is 5. The molecule has 2 aliphatic rings. The Bertz CT molecular complexity index is 421. The van der Waals surface area contributed by atoms with E-state index in [4.69, 9.17) is 0 Å². The van der Waals surface area contributed by atoms with Crippen LogP contribution in [0.4, 0.5) is 0 Å². The molecular formula is C18H28O2. The molecular weight excluding hydrogens is 248 g/mol. The molecule has 20 heavy (non-hydrogen) atoms. The lowest BCUT2D eigenvalue weighted by molar-refractivity contribution is -0.114. The summed E-state index contributed by atoms with van der Waals surface area (Å²) in [5.74, 6) is 1.08. The van der Waals surface area contributed by atoms with E-state index in [1.807, 2.05) is 13.0 Å². The number of carbonyl (C=O) groups is 1. The maximum absolute atomic E-state index is 11.3. The zero-order valence-electron chi connectivity index (χ0n) is 13.1.